The van der Waals surface area contributed by atoms with Crippen LogP contribution in [0.15, 0.2) is 24.3 Å². The van der Waals surface area contributed by atoms with E-state index >= 15 is 0 Å². The SMILES string of the molecule is CCCCCCCCCCCCCCCCCCCCCCCCCCCC/C=C/CC/C=C/C(O)C(COP(=O)(O)OCC[N+](C)(C)C)NC(=O)CCCCCCCCCCCCCCCCCCCCCCCC. The van der Waals surface area contributed by atoms with Gasteiger partial charge in [0.05, 0.1) is 39.9 Å². The number of likely N-dealkylation sites (N-methyl/N-ethyl adjacent to an activating group) is 1. The van der Waals surface area contributed by atoms with E-state index in [4.69, 9.17) is 9.05 Å². The number of amides is 1. The highest BCUT2D eigenvalue weighted by Gasteiger charge is 2.28. The number of aliphatic hydroxyl groups excluding tert-OH is 1. The zero-order chi connectivity index (χ0) is 55.6. The minimum atomic E-state index is -4.36. The standard InChI is InChI=1S/C67H133N2O6P/c1-6-8-10-12-14-16-18-20-22-24-26-28-30-31-32-33-34-35-36-37-38-39-40-42-44-46-48-50-52-54-56-58-60-66(70)65(64-75-76(72,73)74-63-62-69(3,4)5)68-67(71)61-59-57-55-53-51-49-47-45-43-41-29-27-25-23-21-19-17-15-13-11-9-7-2/h50,52,58,60,65-66,70H,6-49,51,53-57,59,61-64H2,1-5H3,(H-,68,71,72,73)/p+1/b52-50+,60-58+. The van der Waals surface area contributed by atoms with Gasteiger partial charge in [-0.2, -0.15) is 0 Å². The Morgan fingerprint density at radius 3 is 1.05 bits per heavy atom. The van der Waals surface area contributed by atoms with Gasteiger partial charge in [-0.05, 0) is 32.1 Å². The van der Waals surface area contributed by atoms with Gasteiger partial charge in [0.2, 0.25) is 5.91 Å². The summed E-state index contributed by atoms with van der Waals surface area (Å²) in [5.41, 5.74) is 0. The van der Waals surface area contributed by atoms with Crippen molar-refractivity contribution in [3.63, 3.8) is 0 Å². The topological polar surface area (TPSA) is 105 Å². The number of hydrogen-bond donors (Lipinski definition) is 3. The highest BCUT2D eigenvalue weighted by molar-refractivity contribution is 7.47. The first-order chi connectivity index (χ1) is 37.0. The highest BCUT2D eigenvalue weighted by atomic mass is 31.2. The first-order valence-electron chi connectivity index (χ1n) is 33.7. The lowest BCUT2D eigenvalue weighted by Crippen LogP contribution is -2.45. The van der Waals surface area contributed by atoms with Crippen molar-refractivity contribution in [2.24, 2.45) is 0 Å². The fourth-order valence-electron chi connectivity index (χ4n) is 10.4. The molecule has 3 atom stereocenters. The second-order valence-corrected chi connectivity index (χ2v) is 26.0. The minimum absolute atomic E-state index is 0.0590. The van der Waals surface area contributed by atoms with Crippen LogP contribution in [0.5, 0.6) is 0 Å². The molecule has 0 aromatic rings. The Labute approximate surface area is 474 Å². The van der Waals surface area contributed by atoms with Crippen molar-refractivity contribution in [2.75, 3.05) is 40.9 Å². The van der Waals surface area contributed by atoms with Crippen molar-refractivity contribution >= 4 is 13.7 Å². The fourth-order valence-corrected chi connectivity index (χ4v) is 11.2. The summed E-state index contributed by atoms with van der Waals surface area (Å²) in [6, 6.07) is -0.861. The zero-order valence-electron chi connectivity index (χ0n) is 51.8. The first-order valence-corrected chi connectivity index (χ1v) is 35.2. The molecular formula is C67H134N2O6P+. The van der Waals surface area contributed by atoms with E-state index in [2.05, 4.69) is 31.3 Å². The summed E-state index contributed by atoms with van der Waals surface area (Å²) >= 11 is 0. The number of nitrogens with zero attached hydrogens (tertiary/aromatic N) is 1. The molecule has 0 spiro atoms. The number of phosphoric acid groups is 1. The Morgan fingerprint density at radius 2 is 0.724 bits per heavy atom. The molecule has 0 fully saturated rings. The maximum Gasteiger partial charge on any atom is 0.472 e. The molecule has 9 heteroatoms. The molecule has 0 aromatic heterocycles. The van der Waals surface area contributed by atoms with Crippen molar-refractivity contribution < 1.29 is 32.9 Å². The van der Waals surface area contributed by atoms with Crippen molar-refractivity contribution in [3.8, 4) is 0 Å². The monoisotopic (exact) mass is 1090 g/mol. The Bertz CT molecular complexity index is 1290. The van der Waals surface area contributed by atoms with Gasteiger partial charge in [-0.1, -0.05) is 334 Å². The lowest BCUT2D eigenvalue weighted by atomic mass is 10.0. The van der Waals surface area contributed by atoms with E-state index in [1.807, 2.05) is 27.2 Å². The lowest BCUT2D eigenvalue weighted by molar-refractivity contribution is -0.870. The third-order valence-corrected chi connectivity index (χ3v) is 16.7. The number of rotatable bonds is 63. The number of phosphoric ester groups is 1. The number of unbranched alkanes of at least 4 members (excludes halogenated alkanes) is 48. The van der Waals surface area contributed by atoms with Crippen LogP contribution >= 0.6 is 7.82 Å². The quantitative estimate of drug-likeness (QED) is 0.0243. The van der Waals surface area contributed by atoms with Gasteiger partial charge >= 0.3 is 7.82 Å². The Hall–Kier alpha value is -1.02. The van der Waals surface area contributed by atoms with Gasteiger partial charge < -0.3 is 19.8 Å². The molecule has 0 radical (unpaired) electrons. The smallest absolute Gasteiger partial charge is 0.387 e. The van der Waals surface area contributed by atoms with Crippen LogP contribution in [0, 0.1) is 0 Å². The molecule has 0 aliphatic heterocycles. The summed E-state index contributed by atoms with van der Waals surface area (Å²) in [6.07, 6.45) is 76.1. The van der Waals surface area contributed by atoms with Gasteiger partial charge in [0, 0.05) is 6.42 Å². The summed E-state index contributed by atoms with van der Waals surface area (Å²) in [7, 11) is 1.57. The molecule has 8 nitrogen and oxygen atoms in total. The summed E-state index contributed by atoms with van der Waals surface area (Å²) < 4.78 is 23.8. The predicted molar refractivity (Wildman–Crippen MR) is 332 cm³/mol. The predicted octanol–water partition coefficient (Wildman–Crippen LogP) is 21.1. The Balaban J connectivity index is 4.08. The van der Waals surface area contributed by atoms with Crippen LogP contribution in [0.4, 0.5) is 0 Å². The maximum atomic E-state index is 13.0. The van der Waals surface area contributed by atoms with Gasteiger partial charge in [0.1, 0.15) is 13.2 Å². The molecule has 0 aliphatic rings. The van der Waals surface area contributed by atoms with Crippen molar-refractivity contribution in [2.45, 2.75) is 360 Å². The number of allylic oxidation sites excluding steroid dienone is 3. The van der Waals surface area contributed by atoms with Crippen LogP contribution in [0.1, 0.15) is 348 Å². The molecule has 1 amide bonds. The largest absolute Gasteiger partial charge is 0.472 e. The average molecular weight is 1090 g/mol. The van der Waals surface area contributed by atoms with Gasteiger partial charge in [0.15, 0.2) is 0 Å². The number of carbonyl (C=O) groups excluding carboxylic acids is 1. The lowest BCUT2D eigenvalue weighted by Gasteiger charge is -2.25. The second kappa shape index (κ2) is 58.6. The van der Waals surface area contributed by atoms with Crippen LogP contribution in [0.2, 0.25) is 0 Å². The number of aliphatic hydroxyl groups is 1. The Morgan fingerprint density at radius 1 is 0.434 bits per heavy atom. The second-order valence-electron chi connectivity index (χ2n) is 24.6. The van der Waals surface area contributed by atoms with Crippen molar-refractivity contribution in [1.29, 1.82) is 0 Å². The van der Waals surface area contributed by atoms with Gasteiger partial charge in [-0.3, -0.25) is 13.8 Å². The van der Waals surface area contributed by atoms with E-state index in [0.717, 1.165) is 38.5 Å². The molecular weight excluding hydrogens is 960 g/mol. The van der Waals surface area contributed by atoms with Crippen LogP contribution < -0.4 is 5.32 Å². The molecule has 3 unspecified atom stereocenters. The van der Waals surface area contributed by atoms with E-state index in [0.29, 0.717) is 17.4 Å². The first kappa shape index (κ1) is 75.0. The molecule has 3 N–H and O–H groups in total. The van der Waals surface area contributed by atoms with E-state index in [-0.39, 0.29) is 19.1 Å². The molecule has 0 aliphatic carbocycles. The summed E-state index contributed by atoms with van der Waals surface area (Å²) in [5, 5.41) is 14.0. The van der Waals surface area contributed by atoms with Crippen LogP contribution in [-0.2, 0) is 18.4 Å². The number of hydrogen-bond acceptors (Lipinski definition) is 5. The van der Waals surface area contributed by atoms with Gasteiger partial charge in [-0.15, -0.1) is 0 Å². The fraction of sp³-hybridized carbons (Fsp3) is 0.925. The minimum Gasteiger partial charge on any atom is -0.387 e. The molecule has 0 heterocycles. The normalized spacial score (nSPS) is 13.8. The van der Waals surface area contributed by atoms with Crippen LogP contribution in [0.3, 0.4) is 0 Å². The number of carbonyl (C=O) groups is 1. The molecule has 0 bridgehead atoms. The van der Waals surface area contributed by atoms with Crippen molar-refractivity contribution in [3.05, 3.63) is 24.3 Å². The van der Waals surface area contributed by atoms with Gasteiger partial charge in [0.25, 0.3) is 0 Å². The van der Waals surface area contributed by atoms with Crippen LogP contribution in [-0.4, -0.2) is 73.4 Å². The van der Waals surface area contributed by atoms with E-state index < -0.39 is 20.0 Å². The number of quaternary nitrogens is 1. The van der Waals surface area contributed by atoms with Crippen molar-refractivity contribution in [1.82, 2.24) is 5.32 Å². The molecule has 76 heavy (non-hydrogen) atoms. The third kappa shape index (κ3) is 60.6. The number of nitrogens with one attached hydrogen (secondary N) is 1. The summed E-state index contributed by atoms with van der Waals surface area (Å²) in [4.78, 5) is 23.4. The van der Waals surface area contributed by atoms with E-state index in [1.54, 1.807) is 6.08 Å². The van der Waals surface area contributed by atoms with E-state index in [1.165, 1.54) is 289 Å². The average Bonchev–Trinajstić information content (AvgIpc) is 3.38. The zero-order valence-corrected chi connectivity index (χ0v) is 52.7. The van der Waals surface area contributed by atoms with Gasteiger partial charge in [-0.25, -0.2) is 4.57 Å². The van der Waals surface area contributed by atoms with Crippen LogP contribution in [0.25, 0.3) is 0 Å². The highest BCUT2D eigenvalue weighted by Crippen LogP contribution is 2.43. The maximum absolute atomic E-state index is 13.0. The van der Waals surface area contributed by atoms with E-state index in [9.17, 15) is 19.4 Å². The molecule has 0 saturated carbocycles. The molecule has 0 rings (SSSR count). The molecule has 0 aromatic carbocycles. The third-order valence-electron chi connectivity index (χ3n) is 15.7. The Kier molecular flexibility index (Phi) is 57.8. The molecule has 452 valence electrons. The summed E-state index contributed by atoms with van der Waals surface area (Å²) in [6.45, 7) is 4.86. The molecule has 0 saturated heterocycles. The summed E-state index contributed by atoms with van der Waals surface area (Å²) in [5.74, 6) is -0.179.